The number of hydrogen-bond donors (Lipinski definition) is 1. The van der Waals surface area contributed by atoms with Gasteiger partial charge in [0.05, 0.1) is 19.2 Å². The normalized spacial score (nSPS) is 16.3. The lowest BCUT2D eigenvalue weighted by Gasteiger charge is -2.19. The minimum Gasteiger partial charge on any atom is -0.508 e. The van der Waals surface area contributed by atoms with E-state index in [1.807, 2.05) is 12.1 Å². The molecule has 1 aliphatic rings. The molecule has 31 heavy (non-hydrogen) atoms. The first kappa shape index (κ1) is 21.9. The zero-order chi connectivity index (χ0) is 21.6. The highest BCUT2D eigenvalue weighted by atomic mass is 32.2. The molecule has 1 atom stereocenters. The largest absolute Gasteiger partial charge is 0.508 e. The summed E-state index contributed by atoms with van der Waals surface area (Å²) >= 11 is 1.74. The van der Waals surface area contributed by atoms with Crippen LogP contribution in [0.15, 0.2) is 53.7 Å². The van der Waals surface area contributed by atoms with Crippen molar-refractivity contribution in [1.29, 1.82) is 0 Å². The fourth-order valence-electron chi connectivity index (χ4n) is 3.84. The lowest BCUT2D eigenvalue weighted by Crippen LogP contribution is -2.23. The minimum atomic E-state index is 0.231. The first-order valence-electron chi connectivity index (χ1n) is 10.8. The molecule has 1 fully saturated rings. The highest BCUT2D eigenvalue weighted by Gasteiger charge is 2.22. The maximum Gasteiger partial charge on any atom is 0.191 e. The van der Waals surface area contributed by atoms with Crippen LogP contribution in [0.1, 0.15) is 35.4 Å². The zero-order valence-electron chi connectivity index (χ0n) is 18.2. The molecule has 7 heteroatoms. The molecule has 0 spiro atoms. The van der Waals surface area contributed by atoms with Crippen LogP contribution < -0.4 is 0 Å². The molecular weight excluding hydrogens is 408 g/mol. The van der Waals surface area contributed by atoms with Gasteiger partial charge in [0.1, 0.15) is 11.6 Å². The number of hydrogen-bond acceptors (Lipinski definition) is 6. The first-order valence-corrected chi connectivity index (χ1v) is 11.7. The Balaban J connectivity index is 1.47. The summed E-state index contributed by atoms with van der Waals surface area (Å²) in [7, 11) is 2.08. The van der Waals surface area contributed by atoms with Crippen molar-refractivity contribution in [3.8, 4) is 5.75 Å². The lowest BCUT2D eigenvalue weighted by atomic mass is 10.1. The Morgan fingerprint density at radius 2 is 1.94 bits per heavy atom. The van der Waals surface area contributed by atoms with Gasteiger partial charge in [-0.3, -0.25) is 4.90 Å². The molecule has 0 unspecified atom stereocenters. The highest BCUT2D eigenvalue weighted by Crippen LogP contribution is 2.26. The number of aryl methyl sites for hydroxylation is 1. The van der Waals surface area contributed by atoms with E-state index in [9.17, 15) is 5.11 Å². The van der Waals surface area contributed by atoms with Crippen LogP contribution in [0.3, 0.4) is 0 Å². The van der Waals surface area contributed by atoms with Crippen LogP contribution in [0.4, 0.5) is 0 Å². The summed E-state index contributed by atoms with van der Waals surface area (Å²) in [6, 6.07) is 15.8. The number of ether oxygens (including phenoxy) is 1. The SMILES string of the molecule is Cc1ccccc1CSc1nnc(CN(C)Cc2ccc(O)cc2)n1C[C@@H]1CCCO1. The molecule has 2 heterocycles. The molecule has 0 bridgehead atoms. The lowest BCUT2D eigenvalue weighted by molar-refractivity contribution is 0.0934. The third-order valence-electron chi connectivity index (χ3n) is 5.62. The molecule has 1 aliphatic heterocycles. The molecule has 164 valence electrons. The number of aromatic nitrogens is 3. The third-order valence-corrected chi connectivity index (χ3v) is 6.64. The highest BCUT2D eigenvalue weighted by molar-refractivity contribution is 7.98. The molecule has 0 aliphatic carbocycles. The Labute approximate surface area is 188 Å². The van der Waals surface area contributed by atoms with Crippen molar-refractivity contribution in [3.63, 3.8) is 0 Å². The van der Waals surface area contributed by atoms with Gasteiger partial charge in [0.2, 0.25) is 0 Å². The van der Waals surface area contributed by atoms with Gasteiger partial charge in [-0.15, -0.1) is 10.2 Å². The van der Waals surface area contributed by atoms with Gasteiger partial charge in [-0.1, -0.05) is 48.2 Å². The molecule has 0 saturated carbocycles. The molecule has 1 saturated heterocycles. The topological polar surface area (TPSA) is 63.4 Å². The average molecular weight is 439 g/mol. The molecule has 3 aromatic rings. The molecular formula is C24H30N4O2S. The monoisotopic (exact) mass is 438 g/mol. The Bertz CT molecular complexity index is 983. The van der Waals surface area contributed by atoms with Crippen molar-refractivity contribution in [2.75, 3.05) is 13.7 Å². The number of nitrogens with zero attached hydrogens (tertiary/aromatic N) is 4. The fourth-order valence-corrected chi connectivity index (χ4v) is 4.89. The number of aromatic hydroxyl groups is 1. The Hall–Kier alpha value is -2.35. The number of benzene rings is 2. The van der Waals surface area contributed by atoms with Crippen molar-refractivity contribution in [2.24, 2.45) is 0 Å². The quantitative estimate of drug-likeness (QED) is 0.500. The van der Waals surface area contributed by atoms with Crippen LogP contribution in [-0.2, 0) is 30.1 Å². The molecule has 2 aromatic carbocycles. The standard InChI is InChI=1S/C24H30N4O2S/c1-18-6-3-4-7-20(18)17-31-24-26-25-23(28(24)15-22-8-5-13-30-22)16-27(2)14-19-9-11-21(29)12-10-19/h3-4,6-7,9-12,22,29H,5,8,13-17H2,1-2H3/t22-/m0/s1. The van der Waals surface area contributed by atoms with Crippen molar-refractivity contribution in [2.45, 2.75) is 56.4 Å². The van der Waals surface area contributed by atoms with Crippen molar-refractivity contribution >= 4 is 11.8 Å². The van der Waals surface area contributed by atoms with E-state index in [-0.39, 0.29) is 11.9 Å². The van der Waals surface area contributed by atoms with Crippen LogP contribution >= 0.6 is 11.8 Å². The number of phenols is 1. The Morgan fingerprint density at radius 1 is 1.13 bits per heavy atom. The van der Waals surface area contributed by atoms with Crippen LogP contribution in [0.25, 0.3) is 0 Å². The van der Waals surface area contributed by atoms with Crippen LogP contribution in [0, 0.1) is 6.92 Å². The van der Waals surface area contributed by atoms with E-state index in [1.54, 1.807) is 23.9 Å². The summed E-state index contributed by atoms with van der Waals surface area (Å²) in [6.07, 6.45) is 2.44. The van der Waals surface area contributed by atoms with Gasteiger partial charge in [-0.2, -0.15) is 0 Å². The fraction of sp³-hybridized carbons (Fsp3) is 0.417. The van der Waals surface area contributed by atoms with Crippen molar-refractivity contribution in [1.82, 2.24) is 19.7 Å². The molecule has 0 radical (unpaired) electrons. The Kier molecular flexibility index (Phi) is 7.27. The van der Waals surface area contributed by atoms with Gasteiger partial charge >= 0.3 is 0 Å². The third kappa shape index (κ3) is 5.87. The second-order valence-corrected chi connectivity index (χ2v) is 9.14. The van der Waals surface area contributed by atoms with Gasteiger partial charge in [0, 0.05) is 18.9 Å². The van der Waals surface area contributed by atoms with Gasteiger partial charge in [0.15, 0.2) is 5.16 Å². The van der Waals surface area contributed by atoms with Crippen LogP contribution in [-0.4, -0.2) is 44.5 Å². The number of rotatable bonds is 9. The van der Waals surface area contributed by atoms with Crippen molar-refractivity contribution < 1.29 is 9.84 Å². The molecule has 1 aromatic heterocycles. The molecule has 0 amide bonds. The summed E-state index contributed by atoms with van der Waals surface area (Å²) < 4.78 is 8.15. The van der Waals surface area contributed by atoms with E-state index in [4.69, 9.17) is 4.74 Å². The van der Waals surface area contributed by atoms with Crippen LogP contribution in [0.2, 0.25) is 0 Å². The molecule has 6 nitrogen and oxygen atoms in total. The van der Waals surface area contributed by atoms with E-state index < -0.39 is 0 Å². The molecule has 1 N–H and O–H groups in total. The van der Waals surface area contributed by atoms with E-state index >= 15 is 0 Å². The van der Waals surface area contributed by atoms with Crippen molar-refractivity contribution in [3.05, 3.63) is 71.0 Å². The minimum absolute atomic E-state index is 0.231. The first-order chi connectivity index (χ1) is 15.1. The van der Waals surface area contributed by atoms with Gasteiger partial charge < -0.3 is 14.4 Å². The van der Waals surface area contributed by atoms with E-state index in [2.05, 4.69) is 57.9 Å². The summed E-state index contributed by atoms with van der Waals surface area (Å²) in [4.78, 5) is 2.22. The summed E-state index contributed by atoms with van der Waals surface area (Å²) in [5.74, 6) is 2.13. The summed E-state index contributed by atoms with van der Waals surface area (Å²) in [5.41, 5.74) is 3.78. The Morgan fingerprint density at radius 3 is 2.68 bits per heavy atom. The average Bonchev–Trinajstić information content (AvgIpc) is 3.40. The maximum atomic E-state index is 9.50. The number of thioether (sulfide) groups is 1. The molecule has 4 rings (SSSR count). The second kappa shape index (κ2) is 10.3. The van der Waals surface area contributed by atoms with E-state index in [0.29, 0.717) is 6.54 Å². The van der Waals surface area contributed by atoms with Gasteiger partial charge in [-0.05, 0) is 55.6 Å². The van der Waals surface area contributed by atoms with Gasteiger partial charge in [-0.25, -0.2) is 0 Å². The summed E-state index contributed by atoms with van der Waals surface area (Å²) in [6.45, 7) is 5.26. The van der Waals surface area contributed by atoms with Crippen LogP contribution in [0.5, 0.6) is 5.75 Å². The predicted molar refractivity (Wildman–Crippen MR) is 123 cm³/mol. The predicted octanol–water partition coefficient (Wildman–Crippen LogP) is 4.40. The maximum absolute atomic E-state index is 9.50. The smallest absolute Gasteiger partial charge is 0.191 e. The number of phenolic OH excluding ortho intramolecular Hbond substituents is 1. The zero-order valence-corrected chi connectivity index (χ0v) is 19.0. The van der Waals surface area contributed by atoms with E-state index in [0.717, 1.165) is 54.8 Å². The van der Waals surface area contributed by atoms with Gasteiger partial charge in [0.25, 0.3) is 0 Å². The second-order valence-electron chi connectivity index (χ2n) is 8.20. The van der Waals surface area contributed by atoms with E-state index in [1.165, 1.54) is 11.1 Å². The summed E-state index contributed by atoms with van der Waals surface area (Å²) in [5, 5.41) is 19.5.